The molecule has 0 spiro atoms. The van der Waals surface area contributed by atoms with Crippen molar-refractivity contribution < 1.29 is 4.74 Å². The highest BCUT2D eigenvalue weighted by Crippen LogP contribution is 2.15. The van der Waals surface area contributed by atoms with E-state index in [2.05, 4.69) is 15.3 Å². The zero-order valence-electron chi connectivity index (χ0n) is 8.33. The number of hydrogen-bond acceptors (Lipinski definition) is 4. The molecule has 14 heavy (non-hydrogen) atoms. The van der Waals surface area contributed by atoms with Crippen LogP contribution in [0.25, 0.3) is 0 Å². The summed E-state index contributed by atoms with van der Waals surface area (Å²) in [6, 6.07) is 0. The van der Waals surface area contributed by atoms with E-state index >= 15 is 0 Å². The lowest BCUT2D eigenvalue weighted by Gasteiger charge is -2.13. The minimum absolute atomic E-state index is 0.144. The highest BCUT2D eigenvalue weighted by molar-refractivity contribution is 6.32. The summed E-state index contributed by atoms with van der Waals surface area (Å²) >= 11 is 5.86. The largest absolute Gasteiger partial charge is 0.377 e. The van der Waals surface area contributed by atoms with Crippen molar-refractivity contribution in [2.24, 2.45) is 0 Å². The monoisotopic (exact) mass is 215 g/mol. The minimum Gasteiger partial charge on any atom is -0.377 e. The van der Waals surface area contributed by atoms with E-state index in [4.69, 9.17) is 16.3 Å². The Labute approximate surface area is 88.7 Å². The van der Waals surface area contributed by atoms with Gasteiger partial charge in [-0.15, -0.1) is 0 Å². The zero-order chi connectivity index (χ0) is 10.4. The average Bonchev–Trinajstić information content (AvgIpc) is 2.17. The fraction of sp³-hybridized carbons (Fsp3) is 0.556. The lowest BCUT2D eigenvalue weighted by atomic mass is 10.4. The molecular weight excluding hydrogens is 202 g/mol. The molecule has 0 aromatic carbocycles. The first-order chi connectivity index (χ1) is 6.74. The van der Waals surface area contributed by atoms with Crippen LogP contribution >= 0.6 is 11.6 Å². The molecule has 1 unspecified atom stereocenters. The number of ether oxygens (including phenoxy) is 1. The van der Waals surface area contributed by atoms with Crippen molar-refractivity contribution in [3.8, 4) is 0 Å². The summed E-state index contributed by atoms with van der Waals surface area (Å²) in [6.07, 6.45) is 3.16. The number of rotatable bonds is 5. The molecule has 0 aliphatic carbocycles. The summed E-state index contributed by atoms with van der Waals surface area (Å²) in [5.41, 5.74) is 0. The lowest BCUT2D eigenvalue weighted by Crippen LogP contribution is -2.20. The van der Waals surface area contributed by atoms with Gasteiger partial charge in [-0.3, -0.25) is 0 Å². The number of aromatic nitrogens is 2. The molecular formula is C9H14ClN3O. The average molecular weight is 216 g/mol. The molecule has 0 saturated carbocycles. The molecule has 1 heterocycles. The van der Waals surface area contributed by atoms with Gasteiger partial charge in [0, 0.05) is 13.2 Å². The molecule has 0 fully saturated rings. The first kappa shape index (κ1) is 11.2. The SMILES string of the molecule is CCOC(C)CNc1ncncc1Cl. The van der Waals surface area contributed by atoms with Gasteiger partial charge in [-0.25, -0.2) is 9.97 Å². The molecule has 5 heteroatoms. The minimum atomic E-state index is 0.144. The van der Waals surface area contributed by atoms with Crippen LogP contribution in [0.3, 0.4) is 0 Å². The van der Waals surface area contributed by atoms with Crippen LogP contribution in [0.1, 0.15) is 13.8 Å². The Morgan fingerprint density at radius 3 is 3.07 bits per heavy atom. The van der Waals surface area contributed by atoms with Crippen molar-refractivity contribution in [2.45, 2.75) is 20.0 Å². The van der Waals surface area contributed by atoms with Crippen LogP contribution < -0.4 is 5.32 Å². The van der Waals surface area contributed by atoms with Crippen molar-refractivity contribution in [1.82, 2.24) is 9.97 Å². The number of nitrogens with one attached hydrogen (secondary N) is 1. The molecule has 0 saturated heterocycles. The fourth-order valence-corrected chi connectivity index (χ4v) is 1.20. The Morgan fingerprint density at radius 2 is 2.43 bits per heavy atom. The Balaban J connectivity index is 2.41. The van der Waals surface area contributed by atoms with Gasteiger partial charge in [-0.2, -0.15) is 0 Å². The zero-order valence-corrected chi connectivity index (χ0v) is 9.08. The number of hydrogen-bond donors (Lipinski definition) is 1. The Hall–Kier alpha value is -0.870. The molecule has 1 aromatic rings. The molecule has 0 amide bonds. The summed E-state index contributed by atoms with van der Waals surface area (Å²) in [7, 11) is 0. The van der Waals surface area contributed by atoms with E-state index in [0.717, 1.165) is 0 Å². The third-order valence-corrected chi connectivity index (χ3v) is 1.95. The second kappa shape index (κ2) is 5.78. The molecule has 0 aliphatic rings. The molecule has 1 rings (SSSR count). The maximum absolute atomic E-state index is 5.86. The van der Waals surface area contributed by atoms with Crippen LogP contribution in [0, 0.1) is 0 Å². The van der Waals surface area contributed by atoms with Gasteiger partial charge < -0.3 is 10.1 Å². The van der Waals surface area contributed by atoms with E-state index < -0.39 is 0 Å². The predicted octanol–water partition coefficient (Wildman–Crippen LogP) is 1.97. The van der Waals surface area contributed by atoms with Gasteiger partial charge in [-0.05, 0) is 13.8 Å². The van der Waals surface area contributed by atoms with E-state index in [1.165, 1.54) is 6.33 Å². The Bertz CT molecular complexity index is 283. The summed E-state index contributed by atoms with van der Waals surface area (Å²) in [6.45, 7) is 5.35. The second-order valence-corrected chi connectivity index (χ2v) is 3.27. The van der Waals surface area contributed by atoms with Crippen LogP contribution in [0.5, 0.6) is 0 Å². The van der Waals surface area contributed by atoms with Crippen molar-refractivity contribution in [3.63, 3.8) is 0 Å². The van der Waals surface area contributed by atoms with Gasteiger partial charge in [0.2, 0.25) is 0 Å². The number of anilines is 1. The van der Waals surface area contributed by atoms with Crippen LogP contribution in [0.2, 0.25) is 5.02 Å². The number of halogens is 1. The van der Waals surface area contributed by atoms with Gasteiger partial charge in [0.1, 0.15) is 17.2 Å². The highest BCUT2D eigenvalue weighted by Gasteiger charge is 2.03. The molecule has 0 radical (unpaired) electrons. The topological polar surface area (TPSA) is 47.0 Å². The van der Waals surface area contributed by atoms with Gasteiger partial charge >= 0.3 is 0 Å². The first-order valence-electron chi connectivity index (χ1n) is 4.55. The van der Waals surface area contributed by atoms with E-state index in [0.29, 0.717) is 24.0 Å². The summed E-state index contributed by atoms with van der Waals surface area (Å²) in [5.74, 6) is 0.646. The van der Waals surface area contributed by atoms with E-state index in [1.807, 2.05) is 13.8 Å². The van der Waals surface area contributed by atoms with Crippen molar-refractivity contribution in [1.29, 1.82) is 0 Å². The standard InChI is InChI=1S/C9H14ClN3O/c1-3-14-7(2)4-12-9-8(10)5-11-6-13-9/h5-7H,3-4H2,1-2H3,(H,11,12,13). The Morgan fingerprint density at radius 1 is 1.64 bits per heavy atom. The van der Waals surface area contributed by atoms with Crippen LogP contribution in [0.15, 0.2) is 12.5 Å². The predicted molar refractivity (Wildman–Crippen MR) is 56.6 cm³/mol. The lowest BCUT2D eigenvalue weighted by molar-refractivity contribution is 0.0855. The molecule has 78 valence electrons. The molecule has 4 nitrogen and oxygen atoms in total. The third kappa shape index (κ3) is 3.47. The first-order valence-corrected chi connectivity index (χ1v) is 4.92. The van der Waals surface area contributed by atoms with Crippen molar-refractivity contribution in [2.75, 3.05) is 18.5 Å². The quantitative estimate of drug-likeness (QED) is 0.816. The third-order valence-electron chi connectivity index (χ3n) is 1.68. The normalized spacial score (nSPS) is 12.5. The van der Waals surface area contributed by atoms with Crippen molar-refractivity contribution in [3.05, 3.63) is 17.5 Å². The molecule has 0 bridgehead atoms. The smallest absolute Gasteiger partial charge is 0.148 e. The summed E-state index contributed by atoms with van der Waals surface area (Å²) < 4.78 is 5.35. The van der Waals surface area contributed by atoms with Gasteiger partial charge in [0.15, 0.2) is 0 Å². The van der Waals surface area contributed by atoms with E-state index in [1.54, 1.807) is 6.20 Å². The maximum Gasteiger partial charge on any atom is 0.148 e. The van der Waals surface area contributed by atoms with Gasteiger partial charge in [-0.1, -0.05) is 11.6 Å². The fourth-order valence-electron chi connectivity index (χ4n) is 1.03. The van der Waals surface area contributed by atoms with Crippen LogP contribution in [-0.2, 0) is 4.74 Å². The number of nitrogens with zero attached hydrogens (tertiary/aromatic N) is 2. The molecule has 1 aromatic heterocycles. The molecule has 0 aliphatic heterocycles. The summed E-state index contributed by atoms with van der Waals surface area (Å²) in [4.78, 5) is 7.79. The molecule has 1 atom stereocenters. The van der Waals surface area contributed by atoms with E-state index in [-0.39, 0.29) is 6.10 Å². The Kier molecular flexibility index (Phi) is 4.62. The molecule has 1 N–H and O–H groups in total. The van der Waals surface area contributed by atoms with E-state index in [9.17, 15) is 0 Å². The summed E-state index contributed by atoms with van der Waals surface area (Å²) in [5, 5.41) is 3.61. The van der Waals surface area contributed by atoms with Crippen molar-refractivity contribution >= 4 is 17.4 Å². The van der Waals surface area contributed by atoms with Crippen LogP contribution in [0.4, 0.5) is 5.82 Å². The maximum atomic E-state index is 5.86. The van der Waals surface area contributed by atoms with Gasteiger partial charge in [0.25, 0.3) is 0 Å². The van der Waals surface area contributed by atoms with Gasteiger partial charge in [0.05, 0.1) is 12.3 Å². The van der Waals surface area contributed by atoms with Crippen LogP contribution in [-0.4, -0.2) is 29.2 Å². The highest BCUT2D eigenvalue weighted by atomic mass is 35.5. The second-order valence-electron chi connectivity index (χ2n) is 2.87.